The molecule has 3 aliphatic heterocycles. The molecule has 138 valence electrons. The van der Waals surface area contributed by atoms with Crippen LogP contribution in [0.1, 0.15) is 33.3 Å². The van der Waals surface area contributed by atoms with Crippen molar-refractivity contribution in [3.8, 4) is 5.75 Å². The van der Waals surface area contributed by atoms with E-state index < -0.39 is 36.2 Å². The maximum atomic E-state index is 14.4. The van der Waals surface area contributed by atoms with E-state index in [9.17, 15) is 18.0 Å². The molecule has 0 unspecified atom stereocenters. The molecule has 1 amide bonds. The van der Waals surface area contributed by atoms with Gasteiger partial charge in [0.1, 0.15) is 0 Å². The van der Waals surface area contributed by atoms with Crippen LogP contribution in [0.4, 0.5) is 18.0 Å². The maximum absolute atomic E-state index is 14.4. The molecule has 3 heterocycles. The Balaban J connectivity index is 2.11. The summed E-state index contributed by atoms with van der Waals surface area (Å²) in [6.07, 6.45) is -6.33. The molecule has 10 heteroatoms. The van der Waals surface area contributed by atoms with Crippen LogP contribution in [0.15, 0.2) is 24.3 Å². The van der Waals surface area contributed by atoms with Crippen molar-refractivity contribution in [3.05, 3.63) is 29.8 Å². The summed E-state index contributed by atoms with van der Waals surface area (Å²) in [5.41, 5.74) is -2.72. The van der Waals surface area contributed by atoms with Gasteiger partial charge in [0.2, 0.25) is 0 Å². The van der Waals surface area contributed by atoms with Crippen LogP contribution in [0.3, 0.4) is 0 Å². The fraction of sp³-hybridized carbons (Fsp3) is 0.533. The first-order chi connectivity index (χ1) is 11.3. The molecule has 25 heavy (non-hydrogen) atoms. The zero-order valence-electron chi connectivity index (χ0n) is 13.9. The van der Waals surface area contributed by atoms with Gasteiger partial charge in [-0.1, -0.05) is 0 Å². The van der Waals surface area contributed by atoms with E-state index in [1.165, 1.54) is 24.3 Å². The summed E-state index contributed by atoms with van der Waals surface area (Å²) in [4.78, 5) is 12.1. The number of ether oxygens (including phenoxy) is 1. The van der Waals surface area contributed by atoms with Crippen molar-refractivity contribution < 1.29 is 36.3 Å². The molecule has 1 N–H and O–H groups in total. The second-order valence-electron chi connectivity index (χ2n) is 7.32. The molecule has 0 aromatic heterocycles. The number of fused-ring (bicyclic) bond motifs is 2. The molecule has 0 radical (unpaired) electrons. The van der Waals surface area contributed by atoms with Gasteiger partial charge in [0.05, 0.1) is 0 Å². The summed E-state index contributed by atoms with van der Waals surface area (Å²) in [5.74, 6) is -0.0917. The molecule has 2 saturated heterocycles. The van der Waals surface area contributed by atoms with Crippen molar-refractivity contribution in [2.75, 3.05) is 0 Å². The summed E-state index contributed by atoms with van der Waals surface area (Å²) in [6.45, 7) is 6.33. The van der Waals surface area contributed by atoms with Crippen LogP contribution in [0.5, 0.6) is 5.75 Å². The number of nitrogens with one attached hydrogen (secondary N) is 1. The third kappa shape index (κ3) is 1.60. The number of carbonyl (C=O) groups excluding carboxylic acids is 1. The average Bonchev–Trinajstić information content (AvgIpc) is 2.85. The molecule has 1 spiro atoms. The second kappa shape index (κ2) is 4.05. The van der Waals surface area contributed by atoms with Gasteiger partial charge in [0.25, 0.3) is 0 Å². The van der Waals surface area contributed by atoms with Crippen LogP contribution in [-0.2, 0) is 19.1 Å². The van der Waals surface area contributed by atoms with Gasteiger partial charge in [-0.25, -0.2) is 0 Å². The van der Waals surface area contributed by atoms with Crippen LogP contribution < -0.4 is 9.61 Å². The Labute approximate surface area is 141 Å². The number of rotatable bonds is 0. The van der Waals surface area contributed by atoms with E-state index in [1.807, 2.05) is 0 Å². The first-order valence-corrected chi connectivity index (χ1v) is 9.60. The van der Waals surface area contributed by atoms with Crippen LogP contribution in [0.25, 0.3) is 0 Å². The number of benzene rings is 1. The van der Waals surface area contributed by atoms with Crippen molar-refractivity contribution in [2.45, 2.75) is 50.4 Å². The molecule has 1 aromatic rings. The average molecular weight is 379 g/mol. The summed E-state index contributed by atoms with van der Waals surface area (Å²) in [6, 6.07) is 5.50. The molecule has 6 nitrogen and oxygen atoms in total. The summed E-state index contributed by atoms with van der Waals surface area (Å²) < 4.78 is 65.8. The SMILES string of the molecule is CC1(C)OP23(NC(=O)O[C@]2(C(F)(F)F)c2ccccc2O3)OC1(C)C. The quantitative estimate of drug-likeness (QED) is 0.679. The standard InChI is InChI=1S/C15H17F3NO5P/c1-12(2)13(3,4)24-25(23-12)14(15(16,17)18,21-11(20)19-25)9-7-5-6-8-10(9)22-25/h5-8H,1-4H3,(H,19,20)/t14-/m1/s1. The van der Waals surface area contributed by atoms with Crippen LogP contribution in [-0.4, -0.2) is 23.5 Å². The van der Waals surface area contributed by atoms with Crippen molar-refractivity contribution in [1.82, 2.24) is 5.09 Å². The number of hydrogen-bond acceptors (Lipinski definition) is 5. The fourth-order valence-corrected chi connectivity index (χ4v) is 8.58. The van der Waals surface area contributed by atoms with Crippen LogP contribution in [0, 0.1) is 0 Å². The van der Waals surface area contributed by atoms with Crippen molar-refractivity contribution in [3.63, 3.8) is 0 Å². The number of carbonyl (C=O) groups is 1. The molecule has 0 aliphatic carbocycles. The Morgan fingerprint density at radius 1 is 1.04 bits per heavy atom. The second-order valence-corrected chi connectivity index (χ2v) is 10.5. The van der Waals surface area contributed by atoms with E-state index in [2.05, 4.69) is 5.09 Å². The molecule has 0 bridgehead atoms. The van der Waals surface area contributed by atoms with E-state index in [0.29, 0.717) is 0 Å². The Hall–Kier alpha value is -1.57. The van der Waals surface area contributed by atoms with E-state index in [4.69, 9.17) is 18.3 Å². The van der Waals surface area contributed by atoms with Crippen LogP contribution >= 0.6 is 7.43 Å². The Morgan fingerprint density at radius 3 is 2.16 bits per heavy atom. The van der Waals surface area contributed by atoms with Crippen LogP contribution in [0.2, 0.25) is 0 Å². The van der Waals surface area contributed by atoms with Crippen molar-refractivity contribution >= 4 is 13.5 Å². The Kier molecular flexibility index (Phi) is 2.73. The number of amides is 1. The Morgan fingerprint density at radius 2 is 1.60 bits per heavy atom. The topological polar surface area (TPSA) is 66.0 Å². The molecule has 1 aromatic carbocycles. The number of para-hydroxylation sites is 1. The molecule has 2 fully saturated rings. The van der Waals surface area contributed by atoms with E-state index in [-0.39, 0.29) is 11.3 Å². The third-order valence-corrected chi connectivity index (χ3v) is 9.55. The zero-order valence-corrected chi connectivity index (χ0v) is 14.8. The van der Waals surface area contributed by atoms with Gasteiger partial charge in [0, 0.05) is 0 Å². The predicted molar refractivity (Wildman–Crippen MR) is 81.7 cm³/mol. The van der Waals surface area contributed by atoms with E-state index >= 15 is 0 Å². The minimum atomic E-state index is -5.37. The summed E-state index contributed by atoms with van der Waals surface area (Å²) >= 11 is 0. The molecule has 4 rings (SSSR count). The van der Waals surface area contributed by atoms with Crippen molar-refractivity contribution in [1.29, 1.82) is 0 Å². The van der Waals surface area contributed by atoms with Crippen molar-refractivity contribution in [2.24, 2.45) is 0 Å². The normalized spacial score (nSPS) is 34.2. The molecule has 3 aliphatic rings. The number of alkyl halides is 3. The molecule has 0 saturated carbocycles. The van der Waals surface area contributed by atoms with E-state index in [0.717, 1.165) is 0 Å². The van der Waals surface area contributed by atoms with Gasteiger partial charge < -0.3 is 0 Å². The van der Waals surface area contributed by atoms with Gasteiger partial charge in [-0.05, 0) is 0 Å². The zero-order chi connectivity index (χ0) is 18.5. The predicted octanol–water partition coefficient (Wildman–Crippen LogP) is 4.35. The van der Waals surface area contributed by atoms with Gasteiger partial charge in [0.15, 0.2) is 0 Å². The molecular formula is C15H17F3NO5P. The summed E-state index contributed by atoms with van der Waals surface area (Å²) in [5, 5.41) is -0.990. The third-order valence-electron chi connectivity index (χ3n) is 5.21. The fourth-order valence-electron chi connectivity index (χ4n) is 3.53. The molecular weight excluding hydrogens is 362 g/mol. The first kappa shape index (κ1) is 16.9. The number of halogens is 3. The minimum absolute atomic E-state index is 0.0917. The number of hydrogen-bond donors (Lipinski definition) is 1. The van der Waals surface area contributed by atoms with Gasteiger partial charge in [-0.15, -0.1) is 0 Å². The monoisotopic (exact) mass is 379 g/mol. The van der Waals surface area contributed by atoms with Gasteiger partial charge in [-0.3, -0.25) is 0 Å². The van der Waals surface area contributed by atoms with Gasteiger partial charge >= 0.3 is 141 Å². The Bertz CT molecular complexity index is 793. The first-order valence-electron chi connectivity index (χ1n) is 7.61. The molecule has 1 atom stereocenters. The summed E-state index contributed by atoms with van der Waals surface area (Å²) in [7, 11) is -5.37. The van der Waals surface area contributed by atoms with Gasteiger partial charge in [-0.2, -0.15) is 0 Å². The van der Waals surface area contributed by atoms with E-state index in [1.54, 1.807) is 27.7 Å².